The molecule has 0 saturated carbocycles. The van der Waals surface area contributed by atoms with E-state index in [2.05, 4.69) is 55.4 Å². The number of hydrogen-bond donors (Lipinski definition) is 3. The number of rotatable bonds is 71. The molecule has 0 radical (unpaired) electrons. The summed E-state index contributed by atoms with van der Waals surface area (Å²) < 4.78 is 68.4. The SMILES string of the molecule is CC(C)CCCCCCCCCCCCCCCCC(=O)O[C@H](COC(=O)CCCCCCCCCCCCC(C)C)COP(=O)(O)OC[C@@H](O)COP(=O)(O)OC[C@@H](COC(=O)CCCCCCCCC(C)C)OC(=O)CCCCCCCCCCCCCC(C)C. The van der Waals surface area contributed by atoms with Crippen LogP contribution in [0.4, 0.5) is 0 Å². The third kappa shape index (κ3) is 68.4. The van der Waals surface area contributed by atoms with Gasteiger partial charge < -0.3 is 33.8 Å². The van der Waals surface area contributed by atoms with Crippen LogP contribution in [0.2, 0.25) is 0 Å². The topological polar surface area (TPSA) is 237 Å². The number of phosphoric acid groups is 2. The van der Waals surface area contributed by atoms with Crippen molar-refractivity contribution in [3.8, 4) is 0 Å². The number of unbranched alkanes of at least 4 members (excludes halogenated alkanes) is 37. The third-order valence-electron chi connectivity index (χ3n) is 17.1. The van der Waals surface area contributed by atoms with Gasteiger partial charge in [0, 0.05) is 25.7 Å². The van der Waals surface area contributed by atoms with E-state index < -0.39 is 97.5 Å². The predicted octanol–water partition coefficient (Wildman–Crippen LogP) is 21.3. The molecule has 0 amide bonds. The first-order valence-corrected chi connectivity index (χ1v) is 41.2. The Morgan fingerprint density at radius 1 is 0.269 bits per heavy atom. The van der Waals surface area contributed by atoms with Crippen LogP contribution in [0.1, 0.15) is 370 Å². The van der Waals surface area contributed by atoms with Gasteiger partial charge in [0.2, 0.25) is 0 Å². The van der Waals surface area contributed by atoms with Gasteiger partial charge >= 0.3 is 39.5 Å². The lowest BCUT2D eigenvalue weighted by Gasteiger charge is -2.21. The van der Waals surface area contributed by atoms with Gasteiger partial charge in [-0.1, -0.05) is 319 Å². The molecule has 0 heterocycles. The lowest BCUT2D eigenvalue weighted by molar-refractivity contribution is -0.161. The summed E-state index contributed by atoms with van der Waals surface area (Å²) in [5.74, 6) is 0.874. The number of carbonyl (C=O) groups excluding carboxylic acids is 4. The molecular weight excluding hydrogens is 1220 g/mol. The molecule has 17 nitrogen and oxygen atoms in total. The van der Waals surface area contributed by atoms with Crippen molar-refractivity contribution in [1.29, 1.82) is 0 Å². The van der Waals surface area contributed by atoms with Crippen LogP contribution in [0, 0.1) is 23.7 Å². The Morgan fingerprint density at radius 2 is 0.452 bits per heavy atom. The molecule has 2 unspecified atom stereocenters. The maximum atomic E-state index is 13.1. The Morgan fingerprint density at radius 3 is 0.667 bits per heavy atom. The highest BCUT2D eigenvalue weighted by molar-refractivity contribution is 7.47. The Balaban J connectivity index is 5.24. The molecule has 0 aromatic rings. The lowest BCUT2D eigenvalue weighted by Crippen LogP contribution is -2.30. The average molecular weight is 1370 g/mol. The second-order valence-electron chi connectivity index (χ2n) is 28.6. The zero-order valence-electron chi connectivity index (χ0n) is 60.9. The molecule has 0 bridgehead atoms. The predicted molar refractivity (Wildman–Crippen MR) is 377 cm³/mol. The number of aliphatic hydroxyl groups excluding tert-OH is 1. The fourth-order valence-electron chi connectivity index (χ4n) is 11.2. The molecule has 552 valence electrons. The van der Waals surface area contributed by atoms with Gasteiger partial charge in [-0.2, -0.15) is 0 Å². The molecule has 5 atom stereocenters. The van der Waals surface area contributed by atoms with Gasteiger partial charge in [-0.3, -0.25) is 37.3 Å². The van der Waals surface area contributed by atoms with Gasteiger partial charge in [-0.05, 0) is 49.4 Å². The van der Waals surface area contributed by atoms with Crippen LogP contribution in [0.5, 0.6) is 0 Å². The van der Waals surface area contributed by atoms with Gasteiger partial charge in [0.1, 0.15) is 19.3 Å². The molecule has 0 saturated heterocycles. The largest absolute Gasteiger partial charge is 0.472 e. The van der Waals surface area contributed by atoms with Crippen LogP contribution >= 0.6 is 15.6 Å². The van der Waals surface area contributed by atoms with Crippen molar-refractivity contribution < 1.29 is 80.2 Å². The van der Waals surface area contributed by atoms with Crippen molar-refractivity contribution in [2.24, 2.45) is 23.7 Å². The molecule has 0 aliphatic carbocycles. The standard InChI is InChI=1S/C74H144O17P2/c1-64(2)50-42-34-26-20-14-11-9-10-12-16-24-30-40-48-56-73(78)90-69(60-84-71(76)54-46-38-29-23-19-18-22-28-36-44-52-66(5)6)62-88-92(80,81)86-58-68(75)59-87-93(82,83)89-63-70(61-85-72(77)55-47-39-33-32-37-45-53-67(7)8)91-74(79)57-49-41-31-25-17-13-15-21-27-35-43-51-65(3)4/h64-70,75H,9-63H2,1-8H3,(H,80,81)(H,82,83)/t68-,69-,70-/m1/s1. The molecule has 19 heteroatoms. The van der Waals surface area contributed by atoms with Gasteiger partial charge in [0.05, 0.1) is 26.4 Å². The minimum absolute atomic E-state index is 0.105. The fourth-order valence-corrected chi connectivity index (χ4v) is 12.8. The molecule has 0 fully saturated rings. The van der Waals surface area contributed by atoms with E-state index in [0.717, 1.165) is 114 Å². The smallest absolute Gasteiger partial charge is 0.462 e. The van der Waals surface area contributed by atoms with Crippen LogP contribution in [0.15, 0.2) is 0 Å². The number of carbonyl (C=O) groups is 4. The minimum atomic E-state index is -4.96. The number of hydrogen-bond acceptors (Lipinski definition) is 15. The van der Waals surface area contributed by atoms with E-state index in [-0.39, 0.29) is 25.7 Å². The van der Waals surface area contributed by atoms with E-state index >= 15 is 0 Å². The van der Waals surface area contributed by atoms with Gasteiger partial charge in [0.25, 0.3) is 0 Å². The first kappa shape index (κ1) is 91.1. The summed E-state index contributed by atoms with van der Waals surface area (Å²) in [4.78, 5) is 72.7. The molecule has 0 rings (SSSR count). The van der Waals surface area contributed by atoms with E-state index in [0.29, 0.717) is 31.6 Å². The molecular formula is C74H144O17P2. The number of ether oxygens (including phenoxy) is 4. The maximum absolute atomic E-state index is 13.1. The molecule has 0 aliphatic heterocycles. The summed E-state index contributed by atoms with van der Waals surface area (Å²) in [5.41, 5.74) is 0. The lowest BCUT2D eigenvalue weighted by atomic mass is 10.0. The average Bonchev–Trinajstić information content (AvgIpc) is 2.43. The Hall–Kier alpha value is -1.94. The van der Waals surface area contributed by atoms with Gasteiger partial charge in [-0.15, -0.1) is 0 Å². The molecule has 3 N–H and O–H groups in total. The maximum Gasteiger partial charge on any atom is 0.472 e. The summed E-state index contributed by atoms with van der Waals surface area (Å²) in [5, 5.41) is 10.6. The van der Waals surface area contributed by atoms with Crippen LogP contribution in [0.3, 0.4) is 0 Å². The summed E-state index contributed by atoms with van der Waals surface area (Å²) in [6.07, 6.45) is 47.3. The highest BCUT2D eigenvalue weighted by Gasteiger charge is 2.30. The Labute approximate surface area is 568 Å². The van der Waals surface area contributed by atoms with E-state index in [1.807, 2.05) is 0 Å². The van der Waals surface area contributed by atoms with E-state index in [1.165, 1.54) is 167 Å². The molecule has 0 spiro atoms. The van der Waals surface area contributed by atoms with Crippen LogP contribution in [0.25, 0.3) is 0 Å². The van der Waals surface area contributed by atoms with E-state index in [4.69, 9.17) is 37.0 Å². The van der Waals surface area contributed by atoms with Gasteiger partial charge in [0.15, 0.2) is 12.2 Å². The summed E-state index contributed by atoms with van der Waals surface area (Å²) in [6, 6.07) is 0. The Bertz CT molecular complexity index is 1830. The van der Waals surface area contributed by atoms with E-state index in [1.54, 1.807) is 0 Å². The molecule has 93 heavy (non-hydrogen) atoms. The second kappa shape index (κ2) is 63.5. The molecule has 0 aromatic heterocycles. The summed E-state index contributed by atoms with van der Waals surface area (Å²) >= 11 is 0. The quantitative estimate of drug-likeness (QED) is 0.0222. The van der Waals surface area contributed by atoms with Crippen molar-refractivity contribution in [2.75, 3.05) is 39.6 Å². The second-order valence-corrected chi connectivity index (χ2v) is 31.5. The van der Waals surface area contributed by atoms with Crippen LogP contribution in [-0.2, 0) is 65.4 Å². The van der Waals surface area contributed by atoms with Gasteiger partial charge in [-0.25, -0.2) is 9.13 Å². The highest BCUT2D eigenvalue weighted by atomic mass is 31.2. The minimum Gasteiger partial charge on any atom is -0.462 e. The third-order valence-corrected chi connectivity index (χ3v) is 19.0. The molecule has 0 aliphatic rings. The highest BCUT2D eigenvalue weighted by Crippen LogP contribution is 2.45. The van der Waals surface area contributed by atoms with Crippen molar-refractivity contribution in [3.05, 3.63) is 0 Å². The number of aliphatic hydroxyl groups is 1. The Kier molecular flexibility index (Phi) is 62.2. The normalized spacial score (nSPS) is 14.2. The summed E-state index contributed by atoms with van der Waals surface area (Å²) in [7, 11) is -9.91. The summed E-state index contributed by atoms with van der Waals surface area (Å²) in [6.45, 7) is 14.1. The van der Waals surface area contributed by atoms with Crippen LogP contribution in [-0.4, -0.2) is 96.7 Å². The first-order valence-electron chi connectivity index (χ1n) is 38.2. The van der Waals surface area contributed by atoms with E-state index in [9.17, 15) is 43.2 Å². The van der Waals surface area contributed by atoms with Crippen molar-refractivity contribution in [2.45, 2.75) is 388 Å². The zero-order valence-corrected chi connectivity index (χ0v) is 62.7. The van der Waals surface area contributed by atoms with Crippen molar-refractivity contribution >= 4 is 39.5 Å². The van der Waals surface area contributed by atoms with Crippen molar-refractivity contribution in [1.82, 2.24) is 0 Å². The monoisotopic (exact) mass is 1370 g/mol. The molecule has 0 aromatic carbocycles. The van der Waals surface area contributed by atoms with Crippen LogP contribution < -0.4 is 0 Å². The first-order chi connectivity index (χ1) is 44.6. The number of esters is 4. The number of phosphoric ester groups is 2. The zero-order chi connectivity index (χ0) is 68.9. The fraction of sp³-hybridized carbons (Fsp3) is 0.946. The van der Waals surface area contributed by atoms with Crippen molar-refractivity contribution in [3.63, 3.8) is 0 Å².